The van der Waals surface area contributed by atoms with Crippen LogP contribution < -0.4 is 0 Å². The van der Waals surface area contributed by atoms with Crippen molar-refractivity contribution in [1.29, 1.82) is 0 Å². The van der Waals surface area contributed by atoms with Crippen molar-refractivity contribution in [2.45, 2.75) is 149 Å². The molecule has 170 valence electrons. The Kier molecular flexibility index (Phi) is 23.1. The number of aliphatic hydroxyl groups excluding tert-OH is 1. The van der Waals surface area contributed by atoms with E-state index in [2.05, 4.69) is 25.5 Å². The highest BCUT2D eigenvalue weighted by atomic mass is 16.6. The van der Waals surface area contributed by atoms with Crippen LogP contribution in [-0.2, 0) is 4.74 Å². The van der Waals surface area contributed by atoms with E-state index in [4.69, 9.17) is 0 Å². The maximum atomic E-state index is 10.3. The van der Waals surface area contributed by atoms with E-state index in [-0.39, 0.29) is 6.10 Å². The maximum absolute atomic E-state index is 10.3. The molecule has 1 aliphatic rings. The van der Waals surface area contributed by atoms with Crippen LogP contribution in [0.1, 0.15) is 143 Å². The van der Waals surface area contributed by atoms with Crippen molar-refractivity contribution < 1.29 is 9.84 Å². The molecule has 2 atom stereocenters. The van der Waals surface area contributed by atoms with Crippen LogP contribution in [0.4, 0.5) is 0 Å². The molecule has 1 rings (SSSR count). The summed E-state index contributed by atoms with van der Waals surface area (Å²) in [5.41, 5.74) is 0. The molecule has 0 spiro atoms. The van der Waals surface area contributed by atoms with Crippen molar-refractivity contribution in [2.75, 3.05) is 13.2 Å². The third kappa shape index (κ3) is 24.0. The molecular formula is C26H54O2. The highest BCUT2D eigenvalue weighted by Crippen LogP contribution is 2.19. The molecule has 0 aromatic rings. The van der Waals surface area contributed by atoms with E-state index in [1.807, 2.05) is 0 Å². The number of ether oxygens (including phenoxy) is 1. The van der Waals surface area contributed by atoms with Crippen LogP contribution in [0.2, 0.25) is 0 Å². The van der Waals surface area contributed by atoms with E-state index in [0.717, 1.165) is 19.6 Å². The fourth-order valence-corrected chi connectivity index (χ4v) is 3.74. The summed E-state index contributed by atoms with van der Waals surface area (Å²) in [6.45, 7) is 8.80. The van der Waals surface area contributed by atoms with E-state index in [1.54, 1.807) is 0 Å². The minimum atomic E-state index is -0.0609. The van der Waals surface area contributed by atoms with Gasteiger partial charge in [0.1, 0.15) is 0 Å². The second-order valence-electron chi connectivity index (χ2n) is 9.04. The molecule has 1 saturated heterocycles. The van der Waals surface area contributed by atoms with E-state index < -0.39 is 0 Å². The lowest BCUT2D eigenvalue weighted by Gasteiger charge is -2.18. The van der Waals surface area contributed by atoms with Gasteiger partial charge in [-0.05, 0) is 18.8 Å². The summed E-state index contributed by atoms with van der Waals surface area (Å²) in [6.07, 6.45) is 25.6. The van der Waals surface area contributed by atoms with Crippen molar-refractivity contribution in [1.82, 2.24) is 0 Å². The topological polar surface area (TPSA) is 32.8 Å². The SMILES string of the molecule is C1CO1.CCCCCCCCCCCCCC(O)C(C)CCCCCCCC. The predicted octanol–water partition coefficient (Wildman–Crippen LogP) is 8.45. The number of rotatable bonds is 20. The smallest absolute Gasteiger partial charge is 0.0701 e. The fourth-order valence-electron chi connectivity index (χ4n) is 3.74. The molecule has 0 aromatic carbocycles. The minimum Gasteiger partial charge on any atom is -0.393 e. The molecule has 2 heteroatoms. The number of hydrogen-bond acceptors (Lipinski definition) is 2. The molecule has 0 radical (unpaired) electrons. The lowest BCUT2D eigenvalue weighted by atomic mass is 9.93. The number of hydrogen-bond donors (Lipinski definition) is 1. The van der Waals surface area contributed by atoms with Crippen molar-refractivity contribution in [3.8, 4) is 0 Å². The van der Waals surface area contributed by atoms with Crippen molar-refractivity contribution in [3.63, 3.8) is 0 Å². The second-order valence-corrected chi connectivity index (χ2v) is 9.04. The van der Waals surface area contributed by atoms with Crippen molar-refractivity contribution >= 4 is 0 Å². The van der Waals surface area contributed by atoms with Gasteiger partial charge in [0.05, 0.1) is 19.3 Å². The highest BCUT2D eigenvalue weighted by Gasteiger charge is 2.13. The van der Waals surface area contributed by atoms with Crippen molar-refractivity contribution in [2.24, 2.45) is 5.92 Å². The van der Waals surface area contributed by atoms with Gasteiger partial charge < -0.3 is 9.84 Å². The van der Waals surface area contributed by atoms with Gasteiger partial charge in [-0.15, -0.1) is 0 Å². The molecule has 2 nitrogen and oxygen atoms in total. The Labute approximate surface area is 178 Å². The summed E-state index contributed by atoms with van der Waals surface area (Å²) < 4.78 is 4.50. The van der Waals surface area contributed by atoms with E-state index >= 15 is 0 Å². The highest BCUT2D eigenvalue weighted by molar-refractivity contribution is 4.65. The number of aliphatic hydroxyl groups is 1. The van der Waals surface area contributed by atoms with Gasteiger partial charge >= 0.3 is 0 Å². The Bertz CT molecular complexity index is 275. The van der Waals surface area contributed by atoms with Crippen LogP contribution in [0, 0.1) is 5.92 Å². The van der Waals surface area contributed by atoms with E-state index in [0.29, 0.717) is 5.92 Å². The molecule has 1 fully saturated rings. The first-order chi connectivity index (χ1) is 13.7. The van der Waals surface area contributed by atoms with Gasteiger partial charge in [-0.3, -0.25) is 0 Å². The summed E-state index contributed by atoms with van der Waals surface area (Å²) in [5, 5.41) is 10.3. The summed E-state index contributed by atoms with van der Waals surface area (Å²) in [4.78, 5) is 0. The maximum Gasteiger partial charge on any atom is 0.0701 e. The first kappa shape index (κ1) is 27.9. The van der Waals surface area contributed by atoms with Gasteiger partial charge in [0.25, 0.3) is 0 Å². The van der Waals surface area contributed by atoms with Crippen LogP contribution in [0.15, 0.2) is 0 Å². The molecule has 0 aliphatic carbocycles. The normalized spacial score (nSPS) is 15.0. The average Bonchev–Trinajstić information content (AvgIpc) is 3.57. The van der Waals surface area contributed by atoms with Gasteiger partial charge in [0.15, 0.2) is 0 Å². The molecular weight excluding hydrogens is 344 g/mol. The molecule has 2 unspecified atom stereocenters. The first-order valence-corrected chi connectivity index (χ1v) is 13.0. The molecule has 28 heavy (non-hydrogen) atoms. The predicted molar refractivity (Wildman–Crippen MR) is 125 cm³/mol. The summed E-state index contributed by atoms with van der Waals surface area (Å²) in [5.74, 6) is 0.495. The Morgan fingerprint density at radius 1 is 0.571 bits per heavy atom. The van der Waals surface area contributed by atoms with E-state index in [9.17, 15) is 5.11 Å². The molecule has 1 heterocycles. The molecule has 1 N–H and O–H groups in total. The Hall–Kier alpha value is -0.0800. The monoisotopic (exact) mass is 398 g/mol. The van der Waals surface area contributed by atoms with Crippen molar-refractivity contribution in [3.05, 3.63) is 0 Å². The van der Waals surface area contributed by atoms with E-state index in [1.165, 1.54) is 116 Å². The van der Waals surface area contributed by atoms with Gasteiger partial charge in [-0.1, -0.05) is 130 Å². The average molecular weight is 399 g/mol. The standard InChI is InChI=1S/C24H50O.C2H4O/c1-4-6-8-10-12-13-14-15-16-18-20-22-24(25)23(3)21-19-17-11-9-7-5-2;1-2-3-1/h23-25H,4-22H2,1-3H3;1-2H2. The van der Waals surface area contributed by atoms with Crippen LogP contribution in [0.25, 0.3) is 0 Å². The Balaban J connectivity index is 0.00000219. The summed E-state index contributed by atoms with van der Waals surface area (Å²) in [6, 6.07) is 0. The third-order valence-electron chi connectivity index (χ3n) is 5.98. The lowest BCUT2D eigenvalue weighted by molar-refractivity contribution is 0.0985. The molecule has 0 aromatic heterocycles. The third-order valence-corrected chi connectivity index (χ3v) is 5.98. The zero-order chi connectivity index (χ0) is 20.7. The lowest BCUT2D eigenvalue weighted by Crippen LogP contribution is -2.17. The van der Waals surface area contributed by atoms with Gasteiger partial charge in [-0.2, -0.15) is 0 Å². The zero-order valence-corrected chi connectivity index (χ0v) is 19.9. The van der Waals surface area contributed by atoms with Crippen LogP contribution >= 0.6 is 0 Å². The fraction of sp³-hybridized carbons (Fsp3) is 1.00. The van der Waals surface area contributed by atoms with Gasteiger partial charge in [0.2, 0.25) is 0 Å². The quantitative estimate of drug-likeness (QED) is 0.165. The second kappa shape index (κ2) is 23.2. The van der Waals surface area contributed by atoms with Crippen LogP contribution in [0.3, 0.4) is 0 Å². The molecule has 0 saturated carbocycles. The Morgan fingerprint density at radius 3 is 1.25 bits per heavy atom. The van der Waals surface area contributed by atoms with Gasteiger partial charge in [0, 0.05) is 0 Å². The van der Waals surface area contributed by atoms with Crippen LogP contribution in [0.5, 0.6) is 0 Å². The zero-order valence-electron chi connectivity index (χ0n) is 19.9. The number of epoxide rings is 1. The van der Waals surface area contributed by atoms with Gasteiger partial charge in [-0.25, -0.2) is 0 Å². The van der Waals surface area contributed by atoms with Crippen LogP contribution in [-0.4, -0.2) is 24.4 Å². The molecule has 0 amide bonds. The molecule has 0 bridgehead atoms. The largest absolute Gasteiger partial charge is 0.393 e. The summed E-state index contributed by atoms with van der Waals surface area (Å²) in [7, 11) is 0. The minimum absolute atomic E-state index is 0.0609. The number of unbranched alkanes of at least 4 members (excludes halogenated alkanes) is 15. The molecule has 1 aliphatic heterocycles. The summed E-state index contributed by atoms with van der Waals surface area (Å²) >= 11 is 0. The first-order valence-electron chi connectivity index (χ1n) is 13.0. The Morgan fingerprint density at radius 2 is 0.893 bits per heavy atom.